The largest absolute Gasteiger partial charge is 0.376 e. The Morgan fingerprint density at radius 1 is 1.55 bits per heavy atom. The van der Waals surface area contributed by atoms with E-state index in [0.29, 0.717) is 5.88 Å². The smallest absolute Gasteiger partial charge is 0.111 e. The van der Waals surface area contributed by atoms with Crippen molar-refractivity contribution in [1.82, 2.24) is 9.55 Å². The lowest BCUT2D eigenvalue weighted by molar-refractivity contribution is 0.0736. The lowest BCUT2D eigenvalue weighted by Crippen LogP contribution is -2.22. The van der Waals surface area contributed by atoms with Crippen molar-refractivity contribution in [3.8, 4) is 0 Å². The monoisotopic (exact) mass is 356 g/mol. The highest BCUT2D eigenvalue weighted by atomic mass is 79.9. The molecule has 20 heavy (non-hydrogen) atoms. The molecule has 2 unspecified atom stereocenters. The van der Waals surface area contributed by atoms with Gasteiger partial charge >= 0.3 is 0 Å². The van der Waals surface area contributed by atoms with E-state index in [4.69, 9.17) is 21.3 Å². The number of hydrogen-bond donors (Lipinski definition) is 0. The van der Waals surface area contributed by atoms with Crippen LogP contribution >= 0.6 is 27.5 Å². The van der Waals surface area contributed by atoms with Crippen LogP contribution in [0, 0.1) is 0 Å². The van der Waals surface area contributed by atoms with E-state index in [2.05, 4.69) is 39.6 Å². The number of benzene rings is 1. The zero-order valence-corrected chi connectivity index (χ0v) is 13.8. The Labute approximate surface area is 132 Å². The fourth-order valence-electron chi connectivity index (χ4n) is 2.98. The van der Waals surface area contributed by atoms with Gasteiger partial charge in [0, 0.05) is 23.4 Å². The van der Waals surface area contributed by atoms with Gasteiger partial charge in [-0.25, -0.2) is 4.98 Å². The third kappa shape index (κ3) is 2.61. The molecular formula is C15H18BrClN2O. The number of halogens is 2. The van der Waals surface area contributed by atoms with Crippen LogP contribution in [0.1, 0.15) is 31.6 Å². The molecule has 1 aliphatic heterocycles. The molecule has 3 nitrogen and oxygen atoms in total. The Bertz CT molecular complexity index is 607. The molecule has 2 heterocycles. The molecule has 0 bridgehead atoms. The molecule has 2 atom stereocenters. The van der Waals surface area contributed by atoms with Crippen molar-refractivity contribution in [2.75, 3.05) is 12.5 Å². The lowest BCUT2D eigenvalue weighted by atomic mass is 10.1. The molecule has 108 valence electrons. The highest BCUT2D eigenvalue weighted by Crippen LogP contribution is 2.30. The molecule has 1 fully saturated rings. The fourth-order valence-corrected chi connectivity index (χ4v) is 3.50. The summed E-state index contributed by atoms with van der Waals surface area (Å²) in [7, 11) is 0. The van der Waals surface area contributed by atoms with Crippen LogP contribution in [0.3, 0.4) is 0 Å². The second kappa shape index (κ2) is 6.04. The molecule has 0 spiro atoms. The molecule has 1 saturated heterocycles. The molecule has 5 heteroatoms. The number of aromatic nitrogens is 2. The van der Waals surface area contributed by atoms with E-state index in [1.807, 2.05) is 6.07 Å². The van der Waals surface area contributed by atoms with Crippen molar-refractivity contribution in [2.24, 2.45) is 0 Å². The Morgan fingerprint density at radius 2 is 2.40 bits per heavy atom. The van der Waals surface area contributed by atoms with Crippen LogP contribution in [-0.4, -0.2) is 28.1 Å². The lowest BCUT2D eigenvalue weighted by Gasteiger charge is -2.23. The zero-order chi connectivity index (χ0) is 14.1. The molecule has 0 saturated carbocycles. The summed E-state index contributed by atoms with van der Waals surface area (Å²) in [4.78, 5) is 4.74. The first-order chi connectivity index (χ1) is 9.70. The Balaban J connectivity index is 2.09. The van der Waals surface area contributed by atoms with Crippen LogP contribution in [0.4, 0.5) is 0 Å². The number of ether oxygens (including phenoxy) is 1. The molecule has 2 aromatic rings. The highest BCUT2D eigenvalue weighted by molar-refractivity contribution is 9.10. The van der Waals surface area contributed by atoms with Crippen LogP contribution in [0.25, 0.3) is 11.0 Å². The standard InChI is InChI=1S/C15H18BrClN2O/c1-10(14-3-2-8-20-14)19-13-9-11(16)4-5-12(13)18-15(19)6-7-17/h4-5,9-10,14H,2-3,6-8H2,1H3. The average Bonchev–Trinajstić information content (AvgIpc) is 3.05. The number of fused-ring (bicyclic) bond motifs is 1. The van der Waals surface area contributed by atoms with E-state index in [1.54, 1.807) is 0 Å². The summed E-state index contributed by atoms with van der Waals surface area (Å²) in [6.07, 6.45) is 3.33. The molecule has 0 radical (unpaired) electrons. The second-order valence-electron chi connectivity index (χ2n) is 5.26. The molecule has 3 rings (SSSR count). The van der Waals surface area contributed by atoms with Gasteiger partial charge in [-0.15, -0.1) is 11.6 Å². The third-order valence-electron chi connectivity index (χ3n) is 3.95. The van der Waals surface area contributed by atoms with E-state index in [1.165, 1.54) is 0 Å². The van der Waals surface area contributed by atoms with Crippen LogP contribution in [0.15, 0.2) is 22.7 Å². The first kappa shape index (κ1) is 14.4. The van der Waals surface area contributed by atoms with Crippen LogP contribution in [0.2, 0.25) is 0 Å². The SMILES string of the molecule is CC(C1CCCO1)n1c(CCCl)nc2ccc(Br)cc21. The quantitative estimate of drug-likeness (QED) is 0.762. The Morgan fingerprint density at radius 3 is 3.10 bits per heavy atom. The van der Waals surface area contributed by atoms with Crippen molar-refractivity contribution in [1.29, 1.82) is 0 Å². The van der Waals surface area contributed by atoms with Gasteiger partial charge in [0.1, 0.15) is 5.82 Å². The number of aryl methyl sites for hydroxylation is 1. The first-order valence-corrected chi connectivity index (χ1v) is 8.37. The highest BCUT2D eigenvalue weighted by Gasteiger charge is 2.26. The number of nitrogens with zero attached hydrogens (tertiary/aromatic N) is 2. The van der Waals surface area contributed by atoms with Crippen molar-refractivity contribution in [3.63, 3.8) is 0 Å². The maximum absolute atomic E-state index is 5.94. The summed E-state index contributed by atoms with van der Waals surface area (Å²) in [6.45, 7) is 3.09. The van der Waals surface area contributed by atoms with E-state index in [9.17, 15) is 0 Å². The predicted molar refractivity (Wildman–Crippen MR) is 85.5 cm³/mol. The Kier molecular flexibility index (Phi) is 4.34. The predicted octanol–water partition coefficient (Wildman–Crippen LogP) is 4.32. The van der Waals surface area contributed by atoms with Gasteiger partial charge in [-0.3, -0.25) is 0 Å². The van der Waals surface area contributed by atoms with E-state index in [0.717, 1.165) is 47.2 Å². The van der Waals surface area contributed by atoms with Gasteiger partial charge in [0.2, 0.25) is 0 Å². The number of hydrogen-bond acceptors (Lipinski definition) is 2. The van der Waals surface area contributed by atoms with Gasteiger partial charge < -0.3 is 9.30 Å². The number of rotatable bonds is 4. The van der Waals surface area contributed by atoms with Crippen LogP contribution < -0.4 is 0 Å². The molecule has 0 aliphatic carbocycles. The normalized spacial score (nSPS) is 20.6. The summed E-state index contributed by atoms with van der Waals surface area (Å²) in [5, 5.41) is 0. The van der Waals surface area contributed by atoms with E-state index in [-0.39, 0.29) is 12.1 Å². The summed E-state index contributed by atoms with van der Waals surface area (Å²) < 4.78 is 9.23. The minimum Gasteiger partial charge on any atom is -0.376 e. The van der Waals surface area contributed by atoms with Gasteiger partial charge in [0.25, 0.3) is 0 Å². The van der Waals surface area contributed by atoms with Gasteiger partial charge in [-0.2, -0.15) is 0 Å². The van der Waals surface area contributed by atoms with Crippen molar-refractivity contribution in [2.45, 2.75) is 38.3 Å². The van der Waals surface area contributed by atoms with Gasteiger partial charge in [0.05, 0.1) is 23.2 Å². The van der Waals surface area contributed by atoms with Crippen molar-refractivity contribution in [3.05, 3.63) is 28.5 Å². The molecule has 1 aromatic carbocycles. The summed E-state index contributed by atoms with van der Waals surface area (Å²) in [5.41, 5.74) is 2.18. The fraction of sp³-hybridized carbons (Fsp3) is 0.533. The minimum atomic E-state index is 0.278. The van der Waals surface area contributed by atoms with Gasteiger partial charge in [-0.1, -0.05) is 15.9 Å². The third-order valence-corrected chi connectivity index (χ3v) is 4.64. The molecule has 0 N–H and O–H groups in total. The molecule has 1 aliphatic rings. The molecular weight excluding hydrogens is 340 g/mol. The Hall–Kier alpha value is -0.580. The maximum atomic E-state index is 5.94. The minimum absolute atomic E-state index is 0.278. The van der Waals surface area contributed by atoms with Crippen LogP contribution in [0.5, 0.6) is 0 Å². The van der Waals surface area contributed by atoms with E-state index < -0.39 is 0 Å². The van der Waals surface area contributed by atoms with Gasteiger partial charge in [-0.05, 0) is 38.0 Å². The zero-order valence-electron chi connectivity index (χ0n) is 11.5. The topological polar surface area (TPSA) is 27.1 Å². The van der Waals surface area contributed by atoms with Crippen molar-refractivity contribution >= 4 is 38.6 Å². The molecule has 1 aromatic heterocycles. The summed E-state index contributed by atoms with van der Waals surface area (Å²) >= 11 is 9.49. The number of alkyl halides is 1. The summed E-state index contributed by atoms with van der Waals surface area (Å²) in [5.74, 6) is 1.64. The second-order valence-corrected chi connectivity index (χ2v) is 6.56. The van der Waals surface area contributed by atoms with E-state index >= 15 is 0 Å². The maximum Gasteiger partial charge on any atom is 0.111 e. The van der Waals surface area contributed by atoms with Crippen LogP contribution in [-0.2, 0) is 11.2 Å². The van der Waals surface area contributed by atoms with Crippen molar-refractivity contribution < 1.29 is 4.74 Å². The average molecular weight is 358 g/mol. The molecule has 0 amide bonds. The summed E-state index contributed by atoms with van der Waals surface area (Å²) in [6, 6.07) is 6.50. The first-order valence-electron chi connectivity index (χ1n) is 7.04. The van der Waals surface area contributed by atoms with Gasteiger partial charge in [0.15, 0.2) is 0 Å². The number of imidazole rings is 1.